The number of halogens is 1. The van der Waals surface area contributed by atoms with Gasteiger partial charge in [-0.1, -0.05) is 35.0 Å². The van der Waals surface area contributed by atoms with Crippen molar-refractivity contribution in [3.63, 3.8) is 0 Å². The molecule has 1 aromatic carbocycles. The summed E-state index contributed by atoms with van der Waals surface area (Å²) < 4.78 is 6.65. The minimum absolute atomic E-state index is 0.456. The normalized spacial score (nSPS) is 17.6. The number of ether oxygens (including phenoxy) is 1. The van der Waals surface area contributed by atoms with E-state index in [9.17, 15) is 0 Å². The Balaban J connectivity index is 1.90. The van der Waals surface area contributed by atoms with E-state index in [0.29, 0.717) is 6.10 Å². The highest BCUT2D eigenvalue weighted by atomic mass is 79.9. The van der Waals surface area contributed by atoms with Gasteiger partial charge in [0, 0.05) is 37.8 Å². The molecule has 0 saturated carbocycles. The summed E-state index contributed by atoms with van der Waals surface area (Å²) in [6, 6.07) is 6.71. The fourth-order valence-corrected chi connectivity index (χ4v) is 3.19. The highest BCUT2D eigenvalue weighted by molar-refractivity contribution is 9.10. The molecule has 1 aliphatic rings. The lowest BCUT2D eigenvalue weighted by atomic mass is 10.1. The minimum Gasteiger partial charge on any atom is -0.381 e. The van der Waals surface area contributed by atoms with Gasteiger partial charge >= 0.3 is 0 Å². The largest absolute Gasteiger partial charge is 0.381 e. The van der Waals surface area contributed by atoms with Gasteiger partial charge in [-0.3, -0.25) is 4.90 Å². The molecule has 112 valence electrons. The number of likely N-dealkylation sites (tertiary alicyclic amines) is 1. The standard InChI is InChI=1S/C16H25BrN2O/c1-3-18-11-13-4-5-14(16(17)10-13)12-19-8-6-15(20-2)7-9-19/h4-5,10,15,18H,3,6-9,11-12H2,1-2H3. The number of hydrogen-bond donors (Lipinski definition) is 1. The zero-order chi connectivity index (χ0) is 14.4. The number of piperidine rings is 1. The van der Waals surface area contributed by atoms with E-state index in [1.54, 1.807) is 0 Å². The number of nitrogens with zero attached hydrogens (tertiary/aromatic N) is 1. The van der Waals surface area contributed by atoms with Gasteiger partial charge in [0.25, 0.3) is 0 Å². The highest BCUT2D eigenvalue weighted by Crippen LogP contribution is 2.22. The van der Waals surface area contributed by atoms with Crippen molar-refractivity contribution in [2.24, 2.45) is 0 Å². The third-order valence-corrected chi connectivity index (χ3v) is 4.70. The van der Waals surface area contributed by atoms with E-state index >= 15 is 0 Å². The second-order valence-electron chi connectivity index (χ2n) is 5.42. The summed E-state index contributed by atoms with van der Waals surface area (Å²) in [6.07, 6.45) is 2.75. The summed E-state index contributed by atoms with van der Waals surface area (Å²) in [4.78, 5) is 2.51. The molecule has 4 heteroatoms. The molecule has 0 amide bonds. The number of hydrogen-bond acceptors (Lipinski definition) is 3. The molecule has 0 radical (unpaired) electrons. The van der Waals surface area contributed by atoms with Gasteiger partial charge in [0.05, 0.1) is 6.10 Å². The fourth-order valence-electron chi connectivity index (χ4n) is 2.64. The van der Waals surface area contributed by atoms with Crippen LogP contribution in [0.5, 0.6) is 0 Å². The van der Waals surface area contributed by atoms with Crippen molar-refractivity contribution in [2.75, 3.05) is 26.7 Å². The fraction of sp³-hybridized carbons (Fsp3) is 0.625. The van der Waals surface area contributed by atoms with Crippen LogP contribution >= 0.6 is 15.9 Å². The molecule has 1 saturated heterocycles. The Bertz CT molecular complexity index is 417. The van der Waals surface area contributed by atoms with Gasteiger partial charge in [-0.25, -0.2) is 0 Å². The molecular weight excluding hydrogens is 316 g/mol. The van der Waals surface area contributed by atoms with Crippen molar-refractivity contribution < 1.29 is 4.74 Å². The Labute approximate surface area is 130 Å². The summed E-state index contributed by atoms with van der Waals surface area (Å²) >= 11 is 3.71. The molecule has 0 aromatic heterocycles. The van der Waals surface area contributed by atoms with Crippen LogP contribution in [0.2, 0.25) is 0 Å². The van der Waals surface area contributed by atoms with Crippen LogP contribution in [0.3, 0.4) is 0 Å². The first-order chi connectivity index (χ1) is 9.72. The second kappa shape index (κ2) is 8.13. The summed E-state index contributed by atoms with van der Waals surface area (Å²) in [7, 11) is 1.82. The van der Waals surface area contributed by atoms with E-state index in [4.69, 9.17) is 4.74 Å². The summed E-state index contributed by atoms with van der Waals surface area (Å²) in [6.45, 7) is 7.36. The lowest BCUT2D eigenvalue weighted by Crippen LogP contribution is -2.36. The van der Waals surface area contributed by atoms with Crippen molar-refractivity contribution in [1.29, 1.82) is 0 Å². The van der Waals surface area contributed by atoms with E-state index in [2.05, 4.69) is 51.3 Å². The summed E-state index contributed by atoms with van der Waals surface area (Å²) in [5.74, 6) is 0. The zero-order valence-corrected chi connectivity index (χ0v) is 14.1. The number of rotatable bonds is 6. The topological polar surface area (TPSA) is 24.5 Å². The quantitative estimate of drug-likeness (QED) is 0.860. The first-order valence-corrected chi connectivity index (χ1v) is 8.25. The molecule has 0 aliphatic carbocycles. The Morgan fingerprint density at radius 3 is 2.70 bits per heavy atom. The maximum absolute atomic E-state index is 5.42. The van der Waals surface area contributed by atoms with Crippen LogP contribution in [0.25, 0.3) is 0 Å². The Kier molecular flexibility index (Phi) is 6.49. The predicted molar refractivity (Wildman–Crippen MR) is 86.8 cm³/mol. The third-order valence-electron chi connectivity index (χ3n) is 3.96. The Morgan fingerprint density at radius 1 is 1.35 bits per heavy atom. The van der Waals surface area contributed by atoms with Crippen LogP contribution in [0.1, 0.15) is 30.9 Å². The van der Waals surface area contributed by atoms with E-state index in [-0.39, 0.29) is 0 Å². The minimum atomic E-state index is 0.456. The smallest absolute Gasteiger partial charge is 0.0595 e. The molecule has 3 nitrogen and oxygen atoms in total. The molecule has 1 fully saturated rings. The maximum Gasteiger partial charge on any atom is 0.0595 e. The average molecular weight is 341 g/mol. The van der Waals surface area contributed by atoms with Crippen molar-refractivity contribution in [2.45, 2.75) is 39.0 Å². The molecule has 1 aromatic rings. The van der Waals surface area contributed by atoms with Gasteiger partial charge in [0.1, 0.15) is 0 Å². The van der Waals surface area contributed by atoms with Crippen molar-refractivity contribution in [3.8, 4) is 0 Å². The van der Waals surface area contributed by atoms with Gasteiger partial charge in [-0.15, -0.1) is 0 Å². The van der Waals surface area contributed by atoms with Gasteiger partial charge < -0.3 is 10.1 Å². The molecule has 2 rings (SSSR count). The lowest BCUT2D eigenvalue weighted by molar-refractivity contribution is 0.0388. The molecular formula is C16H25BrN2O. The van der Waals surface area contributed by atoms with E-state index in [0.717, 1.165) is 45.6 Å². The van der Waals surface area contributed by atoms with Gasteiger partial charge in [-0.2, -0.15) is 0 Å². The third kappa shape index (κ3) is 4.55. The van der Waals surface area contributed by atoms with Crippen LogP contribution in [-0.2, 0) is 17.8 Å². The van der Waals surface area contributed by atoms with Crippen molar-refractivity contribution in [1.82, 2.24) is 10.2 Å². The molecule has 1 heterocycles. The number of methoxy groups -OCH3 is 1. The van der Waals surface area contributed by atoms with E-state index < -0.39 is 0 Å². The van der Waals surface area contributed by atoms with Crippen LogP contribution < -0.4 is 5.32 Å². The van der Waals surface area contributed by atoms with Gasteiger partial charge in [-0.05, 0) is 36.6 Å². The monoisotopic (exact) mass is 340 g/mol. The molecule has 0 bridgehead atoms. The molecule has 0 atom stereocenters. The Hall–Kier alpha value is -0.420. The highest BCUT2D eigenvalue weighted by Gasteiger charge is 2.19. The number of benzene rings is 1. The van der Waals surface area contributed by atoms with Gasteiger partial charge in [0.2, 0.25) is 0 Å². The Morgan fingerprint density at radius 2 is 2.10 bits per heavy atom. The van der Waals surface area contributed by atoms with E-state index in [1.807, 2.05) is 7.11 Å². The first-order valence-electron chi connectivity index (χ1n) is 7.46. The predicted octanol–water partition coefficient (Wildman–Crippen LogP) is 3.17. The first kappa shape index (κ1) is 16.0. The lowest BCUT2D eigenvalue weighted by Gasteiger charge is -2.31. The van der Waals surface area contributed by atoms with Crippen LogP contribution in [0, 0.1) is 0 Å². The van der Waals surface area contributed by atoms with Crippen molar-refractivity contribution >= 4 is 15.9 Å². The van der Waals surface area contributed by atoms with Crippen LogP contribution in [-0.4, -0.2) is 37.7 Å². The zero-order valence-electron chi connectivity index (χ0n) is 12.5. The maximum atomic E-state index is 5.42. The second-order valence-corrected chi connectivity index (χ2v) is 6.27. The molecule has 0 spiro atoms. The average Bonchev–Trinajstić information content (AvgIpc) is 2.48. The molecule has 20 heavy (non-hydrogen) atoms. The summed E-state index contributed by atoms with van der Waals surface area (Å²) in [5.41, 5.74) is 2.71. The van der Waals surface area contributed by atoms with Crippen molar-refractivity contribution in [3.05, 3.63) is 33.8 Å². The van der Waals surface area contributed by atoms with E-state index in [1.165, 1.54) is 15.6 Å². The van der Waals surface area contributed by atoms with Crippen LogP contribution in [0.15, 0.2) is 22.7 Å². The van der Waals surface area contributed by atoms with Gasteiger partial charge in [0.15, 0.2) is 0 Å². The molecule has 1 N–H and O–H groups in total. The van der Waals surface area contributed by atoms with Crippen LogP contribution in [0.4, 0.5) is 0 Å². The SMILES string of the molecule is CCNCc1ccc(CN2CCC(OC)CC2)c(Br)c1. The summed E-state index contributed by atoms with van der Waals surface area (Å²) in [5, 5.41) is 3.36. The molecule has 1 aliphatic heterocycles. The molecule has 0 unspecified atom stereocenters. The number of nitrogens with one attached hydrogen (secondary N) is 1.